The molecule has 0 fully saturated rings. The number of rotatable bonds is 3. The predicted octanol–water partition coefficient (Wildman–Crippen LogP) is 2.82. The Hall–Kier alpha value is -1.94. The van der Waals surface area contributed by atoms with Crippen molar-refractivity contribution in [3.63, 3.8) is 0 Å². The number of likely N-dealkylation sites (N-methyl/N-ethyl adjacent to an activating group) is 1. The molecule has 0 atom stereocenters. The quantitative estimate of drug-likeness (QED) is 0.935. The van der Waals surface area contributed by atoms with Gasteiger partial charge in [-0.3, -0.25) is 4.79 Å². The number of fused-ring (bicyclic) bond motifs is 1. The highest BCUT2D eigenvalue weighted by Gasteiger charge is 2.22. The fraction of sp³-hybridized carbons (Fsp3) is 0.312. The number of aliphatic hydroxyl groups is 1. The summed E-state index contributed by atoms with van der Waals surface area (Å²) in [5.74, 6) is -0.578. The molecule has 2 aromatic rings. The summed E-state index contributed by atoms with van der Waals surface area (Å²) in [4.78, 5) is 13.9. The topological polar surface area (TPSA) is 40.5 Å². The number of hydrogen-bond donors (Lipinski definition) is 1. The second-order valence-electron chi connectivity index (χ2n) is 5.61. The first-order valence-corrected chi connectivity index (χ1v) is 6.45. The van der Waals surface area contributed by atoms with Gasteiger partial charge in [0, 0.05) is 24.5 Å². The lowest BCUT2D eigenvalue weighted by molar-refractivity contribution is 0.0369. The van der Waals surface area contributed by atoms with Gasteiger partial charge in [0.1, 0.15) is 5.82 Å². The largest absolute Gasteiger partial charge is 0.389 e. The average Bonchev–Trinajstić information content (AvgIpc) is 2.37. The van der Waals surface area contributed by atoms with Gasteiger partial charge in [0.15, 0.2) is 0 Å². The highest BCUT2D eigenvalue weighted by Crippen LogP contribution is 2.23. The van der Waals surface area contributed by atoms with Crippen molar-refractivity contribution in [1.29, 1.82) is 0 Å². The Morgan fingerprint density at radius 1 is 1.20 bits per heavy atom. The molecular weight excluding hydrogens is 257 g/mol. The minimum absolute atomic E-state index is 0.206. The maximum atomic E-state index is 13.7. The second-order valence-corrected chi connectivity index (χ2v) is 5.61. The minimum atomic E-state index is -0.972. The molecule has 0 radical (unpaired) electrons. The Kier molecular flexibility index (Phi) is 3.77. The summed E-state index contributed by atoms with van der Waals surface area (Å²) in [6.45, 7) is 3.48. The lowest BCUT2D eigenvalue weighted by Gasteiger charge is -2.26. The third kappa shape index (κ3) is 2.96. The molecule has 4 heteroatoms. The Labute approximate surface area is 117 Å². The van der Waals surface area contributed by atoms with Gasteiger partial charge in [-0.2, -0.15) is 0 Å². The van der Waals surface area contributed by atoms with Crippen molar-refractivity contribution in [3.8, 4) is 0 Å². The summed E-state index contributed by atoms with van der Waals surface area (Å²) >= 11 is 0. The van der Waals surface area contributed by atoms with Crippen LogP contribution in [0.1, 0.15) is 24.2 Å². The molecule has 0 saturated heterocycles. The van der Waals surface area contributed by atoms with Crippen LogP contribution in [0.4, 0.5) is 4.39 Å². The van der Waals surface area contributed by atoms with Crippen molar-refractivity contribution in [2.24, 2.45) is 0 Å². The van der Waals surface area contributed by atoms with E-state index in [0.717, 1.165) is 0 Å². The van der Waals surface area contributed by atoms with E-state index in [4.69, 9.17) is 0 Å². The van der Waals surface area contributed by atoms with Crippen LogP contribution >= 0.6 is 0 Å². The molecule has 1 N–H and O–H groups in total. The summed E-state index contributed by atoms with van der Waals surface area (Å²) in [6, 6.07) is 9.67. The molecule has 0 spiro atoms. The van der Waals surface area contributed by atoms with E-state index in [1.54, 1.807) is 45.2 Å². The van der Waals surface area contributed by atoms with Crippen LogP contribution in [0.25, 0.3) is 10.8 Å². The fourth-order valence-corrected chi connectivity index (χ4v) is 2.31. The molecule has 20 heavy (non-hydrogen) atoms. The van der Waals surface area contributed by atoms with Crippen LogP contribution in [0.5, 0.6) is 0 Å². The zero-order valence-electron chi connectivity index (χ0n) is 11.9. The molecule has 0 bridgehead atoms. The summed E-state index contributed by atoms with van der Waals surface area (Å²) in [5.41, 5.74) is -0.533. The van der Waals surface area contributed by atoms with Gasteiger partial charge in [0.05, 0.1) is 5.60 Å². The molecule has 0 saturated carbocycles. The van der Waals surface area contributed by atoms with Crippen LogP contribution in [0.3, 0.4) is 0 Å². The molecule has 0 aliphatic rings. The first-order valence-electron chi connectivity index (χ1n) is 6.45. The molecule has 0 unspecified atom stereocenters. The van der Waals surface area contributed by atoms with Gasteiger partial charge < -0.3 is 10.0 Å². The van der Waals surface area contributed by atoms with E-state index < -0.39 is 5.60 Å². The zero-order valence-corrected chi connectivity index (χ0v) is 11.9. The van der Waals surface area contributed by atoms with Gasteiger partial charge in [0.25, 0.3) is 5.91 Å². The van der Waals surface area contributed by atoms with Crippen molar-refractivity contribution in [1.82, 2.24) is 4.90 Å². The van der Waals surface area contributed by atoms with E-state index >= 15 is 0 Å². The molecule has 3 nitrogen and oxygen atoms in total. The van der Waals surface area contributed by atoms with Crippen molar-refractivity contribution < 1.29 is 14.3 Å². The van der Waals surface area contributed by atoms with Crippen LogP contribution in [0, 0.1) is 5.82 Å². The monoisotopic (exact) mass is 275 g/mol. The van der Waals surface area contributed by atoms with Crippen molar-refractivity contribution in [2.75, 3.05) is 13.6 Å². The number of carbonyl (C=O) groups excluding carboxylic acids is 1. The number of carbonyl (C=O) groups is 1. The van der Waals surface area contributed by atoms with Crippen LogP contribution in [-0.2, 0) is 0 Å². The summed E-state index contributed by atoms with van der Waals surface area (Å²) in [5, 5.41) is 10.8. The lowest BCUT2D eigenvalue weighted by Crippen LogP contribution is -2.39. The molecule has 2 rings (SSSR count). The van der Waals surface area contributed by atoms with E-state index in [9.17, 15) is 14.3 Å². The average molecular weight is 275 g/mol. The Morgan fingerprint density at radius 2 is 1.80 bits per heavy atom. The molecule has 1 amide bonds. The number of amides is 1. The van der Waals surface area contributed by atoms with Crippen molar-refractivity contribution >= 4 is 16.7 Å². The standard InChI is InChI=1S/C16H18FNO2/c1-16(2,20)10-18(3)15(19)13-8-9-14(17)12-7-5-4-6-11(12)13/h4-9,20H,10H2,1-3H3. The SMILES string of the molecule is CN(CC(C)(C)O)C(=O)c1ccc(F)c2ccccc12. The van der Waals surface area contributed by atoms with E-state index in [2.05, 4.69) is 0 Å². The Morgan fingerprint density at radius 3 is 2.40 bits per heavy atom. The fourth-order valence-electron chi connectivity index (χ4n) is 2.31. The molecule has 0 aromatic heterocycles. The highest BCUT2D eigenvalue weighted by molar-refractivity contribution is 6.07. The molecule has 0 aliphatic carbocycles. The zero-order chi connectivity index (χ0) is 14.9. The van der Waals surface area contributed by atoms with Crippen LogP contribution < -0.4 is 0 Å². The van der Waals surface area contributed by atoms with Crippen molar-refractivity contribution in [3.05, 3.63) is 47.8 Å². The normalized spacial score (nSPS) is 11.7. The minimum Gasteiger partial charge on any atom is -0.389 e. The highest BCUT2D eigenvalue weighted by atomic mass is 19.1. The number of hydrogen-bond acceptors (Lipinski definition) is 2. The maximum absolute atomic E-state index is 13.7. The molecular formula is C16H18FNO2. The number of nitrogens with zero attached hydrogens (tertiary/aromatic N) is 1. The first-order chi connectivity index (χ1) is 9.29. The smallest absolute Gasteiger partial charge is 0.254 e. The molecule has 106 valence electrons. The summed E-state index contributed by atoms with van der Waals surface area (Å²) in [7, 11) is 1.62. The van der Waals surface area contributed by atoms with Gasteiger partial charge in [-0.05, 0) is 31.4 Å². The molecule has 0 heterocycles. The van der Waals surface area contributed by atoms with Gasteiger partial charge >= 0.3 is 0 Å². The number of benzene rings is 2. The van der Waals surface area contributed by atoms with Gasteiger partial charge in [-0.15, -0.1) is 0 Å². The second kappa shape index (κ2) is 5.21. The van der Waals surface area contributed by atoms with E-state index in [-0.39, 0.29) is 18.3 Å². The van der Waals surface area contributed by atoms with E-state index in [1.807, 2.05) is 0 Å². The third-order valence-electron chi connectivity index (χ3n) is 3.07. The lowest BCUT2D eigenvalue weighted by atomic mass is 10.0. The molecule has 0 aliphatic heterocycles. The summed E-state index contributed by atoms with van der Waals surface area (Å²) < 4.78 is 13.7. The Bertz CT molecular complexity index is 646. The van der Waals surface area contributed by atoms with Crippen LogP contribution in [0.15, 0.2) is 36.4 Å². The predicted molar refractivity (Wildman–Crippen MR) is 77.2 cm³/mol. The van der Waals surface area contributed by atoms with E-state index in [1.165, 1.54) is 17.0 Å². The van der Waals surface area contributed by atoms with Crippen molar-refractivity contribution in [2.45, 2.75) is 19.4 Å². The van der Waals surface area contributed by atoms with E-state index in [0.29, 0.717) is 16.3 Å². The van der Waals surface area contributed by atoms with Gasteiger partial charge in [-0.25, -0.2) is 4.39 Å². The maximum Gasteiger partial charge on any atom is 0.254 e. The summed E-state index contributed by atoms with van der Waals surface area (Å²) in [6.07, 6.45) is 0. The van der Waals surface area contributed by atoms with Gasteiger partial charge in [-0.1, -0.05) is 24.3 Å². The first kappa shape index (κ1) is 14.5. The molecule has 2 aromatic carbocycles. The number of halogens is 1. The van der Waals surface area contributed by atoms with Gasteiger partial charge in [0.2, 0.25) is 0 Å². The van der Waals surface area contributed by atoms with Crippen LogP contribution in [-0.4, -0.2) is 35.1 Å². The Balaban J connectivity index is 2.43. The third-order valence-corrected chi connectivity index (χ3v) is 3.07. The van der Waals surface area contributed by atoms with Crippen LogP contribution in [0.2, 0.25) is 0 Å².